The van der Waals surface area contributed by atoms with Crippen LogP contribution in [0.1, 0.15) is 55.4 Å². The zero-order valence-electron chi connectivity index (χ0n) is 23.2. The van der Waals surface area contributed by atoms with Gasteiger partial charge in [-0.05, 0) is 92.2 Å². The maximum absolute atomic E-state index is 11.2. The molecular formula is C30H40N4O5. The molecule has 3 N–H and O–H groups in total. The summed E-state index contributed by atoms with van der Waals surface area (Å²) < 4.78 is 11.7. The van der Waals surface area contributed by atoms with Crippen LogP contribution in [0.3, 0.4) is 0 Å². The molecule has 9 heteroatoms. The second-order valence-electron chi connectivity index (χ2n) is 10.3. The third-order valence-electron chi connectivity index (χ3n) is 6.96. The Morgan fingerprint density at radius 2 is 1.90 bits per heavy atom. The van der Waals surface area contributed by atoms with Crippen molar-refractivity contribution in [3.8, 4) is 28.6 Å². The van der Waals surface area contributed by atoms with Gasteiger partial charge in [-0.3, -0.25) is 9.69 Å². The quantitative estimate of drug-likeness (QED) is 0.303. The van der Waals surface area contributed by atoms with Crippen LogP contribution in [0.15, 0.2) is 34.9 Å². The van der Waals surface area contributed by atoms with Gasteiger partial charge in [0, 0.05) is 24.2 Å². The third-order valence-corrected chi connectivity index (χ3v) is 6.96. The average molecular weight is 537 g/mol. The number of amides is 1. The Hall–Kier alpha value is -3.27. The van der Waals surface area contributed by atoms with E-state index in [0.717, 1.165) is 54.7 Å². The minimum absolute atomic E-state index is 0.00280. The summed E-state index contributed by atoms with van der Waals surface area (Å²) in [7, 11) is 0. The summed E-state index contributed by atoms with van der Waals surface area (Å²) in [6.07, 6.45) is 4.42. The first kappa shape index (κ1) is 28.7. The minimum Gasteiger partial charge on any atom is -0.490 e. The first-order chi connectivity index (χ1) is 18.9. The van der Waals surface area contributed by atoms with E-state index in [2.05, 4.69) is 40.5 Å². The molecule has 0 saturated carbocycles. The zero-order chi connectivity index (χ0) is 27.8. The molecule has 2 heterocycles. The predicted molar refractivity (Wildman–Crippen MR) is 149 cm³/mol. The van der Waals surface area contributed by atoms with Crippen molar-refractivity contribution in [3.63, 3.8) is 0 Å². The molecule has 3 aromatic rings. The number of likely N-dealkylation sites (tertiary alicyclic amines) is 1. The molecular weight excluding hydrogens is 496 g/mol. The molecule has 1 atom stereocenters. The fourth-order valence-corrected chi connectivity index (χ4v) is 5.04. The number of nitrogens with zero attached hydrogens (tertiary/aromatic N) is 3. The number of rotatable bonds is 13. The number of carbonyl (C=O) groups excluding carboxylic acids is 1. The Morgan fingerprint density at radius 3 is 2.62 bits per heavy atom. The van der Waals surface area contributed by atoms with E-state index in [9.17, 15) is 9.90 Å². The summed E-state index contributed by atoms with van der Waals surface area (Å²) in [5.41, 5.74) is 6.20. The fraction of sp³-hybridized carbons (Fsp3) is 0.500. The van der Waals surface area contributed by atoms with Crippen molar-refractivity contribution in [1.29, 1.82) is 0 Å². The molecule has 0 aliphatic carbocycles. The second-order valence-corrected chi connectivity index (χ2v) is 10.3. The number of aromatic nitrogens is 2. The van der Waals surface area contributed by atoms with Gasteiger partial charge in [-0.2, -0.15) is 4.98 Å². The van der Waals surface area contributed by atoms with Crippen molar-refractivity contribution in [3.05, 3.63) is 52.6 Å². The molecule has 1 aliphatic heterocycles. The van der Waals surface area contributed by atoms with Gasteiger partial charge < -0.3 is 24.8 Å². The number of ether oxygens (including phenoxy) is 1. The van der Waals surface area contributed by atoms with Crippen LogP contribution >= 0.6 is 0 Å². The second kappa shape index (κ2) is 13.7. The van der Waals surface area contributed by atoms with Crippen molar-refractivity contribution >= 4 is 5.91 Å². The van der Waals surface area contributed by atoms with E-state index < -0.39 is 18.6 Å². The minimum atomic E-state index is -0.900. The van der Waals surface area contributed by atoms with Gasteiger partial charge in [-0.15, -0.1) is 0 Å². The third kappa shape index (κ3) is 7.65. The summed E-state index contributed by atoms with van der Waals surface area (Å²) >= 11 is 0. The molecule has 2 aromatic carbocycles. The lowest BCUT2D eigenvalue weighted by atomic mass is 10.0. The summed E-state index contributed by atoms with van der Waals surface area (Å²) in [6.45, 7) is 8.80. The summed E-state index contributed by atoms with van der Waals surface area (Å²) in [5.74, 6) is 1.18. The highest BCUT2D eigenvalue weighted by atomic mass is 16.5. The van der Waals surface area contributed by atoms with Crippen LogP contribution in [0.25, 0.3) is 22.8 Å². The number of aryl methyl sites for hydroxylation is 3. The van der Waals surface area contributed by atoms with Crippen LogP contribution in [-0.2, 0) is 24.2 Å². The highest BCUT2D eigenvalue weighted by molar-refractivity contribution is 5.76. The Bertz CT molecular complexity index is 1250. The van der Waals surface area contributed by atoms with E-state index in [1.54, 1.807) is 0 Å². The standard InChI is InChI=1S/C30H40N4O5/c1-4-8-21-12-22(17-34-9-6-7-10-34)14-25(13-21)30-32-29(33-39-30)24-11-20(3)28(23(5-2)15-24)38-19-26(36)16-31-27(37)18-35/h11-15,26,35-36H,4-10,16-19H2,1-3H3,(H,31,37)/t26-/m0/s1. The van der Waals surface area contributed by atoms with Gasteiger partial charge in [0.1, 0.15) is 25.1 Å². The maximum Gasteiger partial charge on any atom is 0.258 e. The van der Waals surface area contributed by atoms with Crippen LogP contribution in [0.4, 0.5) is 0 Å². The van der Waals surface area contributed by atoms with E-state index in [1.807, 2.05) is 26.0 Å². The molecule has 39 heavy (non-hydrogen) atoms. The fourth-order valence-electron chi connectivity index (χ4n) is 5.04. The van der Waals surface area contributed by atoms with Gasteiger partial charge in [0.15, 0.2) is 0 Å². The molecule has 210 valence electrons. The molecule has 1 aromatic heterocycles. The van der Waals surface area contributed by atoms with Gasteiger partial charge in [0.2, 0.25) is 11.7 Å². The molecule has 4 rings (SSSR count). The van der Waals surface area contributed by atoms with Crippen LogP contribution in [0, 0.1) is 6.92 Å². The van der Waals surface area contributed by atoms with E-state index in [-0.39, 0.29) is 13.2 Å². The molecule has 9 nitrogen and oxygen atoms in total. The van der Waals surface area contributed by atoms with Gasteiger partial charge in [0.05, 0.1) is 0 Å². The lowest BCUT2D eigenvalue weighted by Crippen LogP contribution is -2.36. The molecule has 0 bridgehead atoms. The first-order valence-electron chi connectivity index (χ1n) is 13.9. The molecule has 0 radical (unpaired) electrons. The van der Waals surface area contributed by atoms with Crippen LogP contribution in [-0.4, -0.2) is 70.1 Å². The van der Waals surface area contributed by atoms with Crippen molar-refractivity contribution < 1.29 is 24.3 Å². The van der Waals surface area contributed by atoms with Crippen molar-refractivity contribution in [2.75, 3.05) is 32.8 Å². The molecule has 1 saturated heterocycles. The smallest absolute Gasteiger partial charge is 0.258 e. The Kier molecular flexibility index (Phi) is 10.1. The van der Waals surface area contributed by atoms with E-state index in [4.69, 9.17) is 19.4 Å². The summed E-state index contributed by atoms with van der Waals surface area (Å²) in [5, 5.41) is 25.7. The molecule has 1 aliphatic rings. The zero-order valence-corrected chi connectivity index (χ0v) is 23.2. The lowest BCUT2D eigenvalue weighted by molar-refractivity contribution is -0.124. The Morgan fingerprint density at radius 1 is 1.13 bits per heavy atom. The van der Waals surface area contributed by atoms with Crippen LogP contribution in [0.5, 0.6) is 5.75 Å². The number of hydrogen-bond acceptors (Lipinski definition) is 8. The predicted octanol–water partition coefficient (Wildman–Crippen LogP) is 3.67. The number of hydrogen-bond donors (Lipinski definition) is 3. The number of benzene rings is 2. The van der Waals surface area contributed by atoms with E-state index in [0.29, 0.717) is 23.9 Å². The number of nitrogens with one attached hydrogen (secondary N) is 1. The number of aliphatic hydroxyl groups is 2. The van der Waals surface area contributed by atoms with Crippen molar-refractivity contribution in [2.45, 2.75) is 65.5 Å². The summed E-state index contributed by atoms with van der Waals surface area (Å²) in [6, 6.07) is 10.6. The molecule has 1 fully saturated rings. The monoisotopic (exact) mass is 536 g/mol. The molecule has 0 spiro atoms. The molecule has 1 amide bonds. The highest BCUT2D eigenvalue weighted by Gasteiger charge is 2.18. The van der Waals surface area contributed by atoms with Crippen molar-refractivity contribution in [1.82, 2.24) is 20.4 Å². The van der Waals surface area contributed by atoms with E-state index >= 15 is 0 Å². The van der Waals surface area contributed by atoms with Crippen LogP contribution < -0.4 is 10.1 Å². The first-order valence-corrected chi connectivity index (χ1v) is 13.9. The lowest BCUT2D eigenvalue weighted by Gasteiger charge is -2.17. The topological polar surface area (TPSA) is 121 Å². The normalized spacial score (nSPS) is 14.5. The molecule has 0 unspecified atom stereocenters. The van der Waals surface area contributed by atoms with Gasteiger partial charge in [-0.1, -0.05) is 31.5 Å². The van der Waals surface area contributed by atoms with Crippen molar-refractivity contribution in [2.24, 2.45) is 0 Å². The maximum atomic E-state index is 11.2. The number of carbonyl (C=O) groups is 1. The average Bonchev–Trinajstić information content (AvgIpc) is 3.63. The Balaban J connectivity index is 1.52. The summed E-state index contributed by atoms with van der Waals surface area (Å²) in [4.78, 5) is 18.5. The van der Waals surface area contributed by atoms with Gasteiger partial charge >= 0.3 is 0 Å². The van der Waals surface area contributed by atoms with E-state index in [1.165, 1.54) is 24.0 Å². The SMILES string of the molecule is CCCc1cc(CN2CCCC2)cc(-c2nc(-c3cc(C)c(OC[C@@H](O)CNC(=O)CO)c(CC)c3)no2)c1. The Labute approximate surface area is 230 Å². The van der Waals surface area contributed by atoms with Gasteiger partial charge in [-0.25, -0.2) is 0 Å². The highest BCUT2D eigenvalue weighted by Crippen LogP contribution is 2.32. The van der Waals surface area contributed by atoms with Gasteiger partial charge in [0.25, 0.3) is 5.89 Å². The van der Waals surface area contributed by atoms with Crippen LogP contribution in [0.2, 0.25) is 0 Å². The largest absolute Gasteiger partial charge is 0.490 e. The number of aliphatic hydroxyl groups excluding tert-OH is 2.